The van der Waals surface area contributed by atoms with E-state index in [0.29, 0.717) is 17.4 Å². The molecule has 0 fully saturated rings. The Morgan fingerprint density at radius 2 is 1.92 bits per heavy atom. The Bertz CT molecular complexity index is 1220. The molecule has 0 aliphatic carbocycles. The zero-order chi connectivity index (χ0) is 18.4. The average molecular weight is 350 g/mol. The van der Waals surface area contributed by atoms with Crippen molar-refractivity contribution in [2.45, 2.75) is 6.54 Å². The highest BCUT2D eigenvalue weighted by molar-refractivity contribution is 6.19. The highest BCUT2D eigenvalue weighted by Crippen LogP contribution is 2.32. The lowest BCUT2D eigenvalue weighted by Crippen LogP contribution is -2.27. The molecule has 132 valence electrons. The molecule has 1 N–H and O–H groups in total. The van der Waals surface area contributed by atoms with Gasteiger partial charge in [0, 0.05) is 46.9 Å². The van der Waals surface area contributed by atoms with E-state index in [9.17, 15) is 14.9 Å². The SMILES string of the molecule is CN(C)CCn1c(=O)c2[nH]c3ccc([N+](=O)[O-])cc3c2c2ccccc21. The van der Waals surface area contributed by atoms with Crippen LogP contribution in [-0.2, 0) is 6.54 Å². The third-order valence-corrected chi connectivity index (χ3v) is 4.69. The minimum atomic E-state index is -0.418. The van der Waals surface area contributed by atoms with Gasteiger partial charge in [0.2, 0.25) is 0 Å². The fourth-order valence-electron chi connectivity index (χ4n) is 3.42. The van der Waals surface area contributed by atoms with Crippen molar-refractivity contribution in [1.82, 2.24) is 14.5 Å². The molecule has 0 amide bonds. The maximum absolute atomic E-state index is 13.1. The van der Waals surface area contributed by atoms with E-state index in [0.717, 1.165) is 28.4 Å². The summed E-state index contributed by atoms with van der Waals surface area (Å²) in [5, 5.41) is 13.5. The minimum Gasteiger partial charge on any atom is -0.350 e. The van der Waals surface area contributed by atoms with E-state index in [1.165, 1.54) is 12.1 Å². The summed E-state index contributed by atoms with van der Waals surface area (Å²) in [7, 11) is 3.93. The van der Waals surface area contributed by atoms with Gasteiger partial charge < -0.3 is 14.5 Å². The molecule has 7 nitrogen and oxygen atoms in total. The first-order valence-electron chi connectivity index (χ1n) is 8.33. The van der Waals surface area contributed by atoms with Gasteiger partial charge in [-0.05, 0) is 26.2 Å². The third-order valence-electron chi connectivity index (χ3n) is 4.69. The molecule has 26 heavy (non-hydrogen) atoms. The number of benzene rings is 2. The number of pyridine rings is 1. The van der Waals surface area contributed by atoms with Crippen LogP contribution in [0.25, 0.3) is 32.7 Å². The van der Waals surface area contributed by atoms with Gasteiger partial charge in [0.25, 0.3) is 11.2 Å². The van der Waals surface area contributed by atoms with Crippen LogP contribution in [0.4, 0.5) is 5.69 Å². The van der Waals surface area contributed by atoms with E-state index in [2.05, 4.69) is 4.98 Å². The molecule has 0 saturated carbocycles. The van der Waals surface area contributed by atoms with E-state index >= 15 is 0 Å². The van der Waals surface area contributed by atoms with E-state index in [1.54, 1.807) is 10.6 Å². The van der Waals surface area contributed by atoms with Crippen LogP contribution in [0.3, 0.4) is 0 Å². The molecule has 0 spiro atoms. The maximum Gasteiger partial charge on any atom is 0.275 e. The summed E-state index contributed by atoms with van der Waals surface area (Å²) in [5.41, 5.74) is 1.94. The standard InChI is InChI=1S/C19H18N4O3/c1-21(2)9-10-22-16-6-4-3-5-13(16)17-14-11-12(23(25)26)7-8-15(14)20-18(17)19(22)24/h3-8,11,20H,9-10H2,1-2H3. The van der Waals surface area contributed by atoms with Crippen LogP contribution in [-0.4, -0.2) is 40.0 Å². The number of aromatic amines is 1. The first-order valence-corrected chi connectivity index (χ1v) is 8.33. The molecule has 7 heteroatoms. The number of rotatable bonds is 4. The predicted octanol–water partition coefficient (Wildman–Crippen LogP) is 3.11. The Labute approximate surface area is 148 Å². The summed E-state index contributed by atoms with van der Waals surface area (Å²) in [5.74, 6) is 0. The van der Waals surface area contributed by atoms with E-state index in [4.69, 9.17) is 0 Å². The summed E-state index contributed by atoms with van der Waals surface area (Å²) in [6, 6.07) is 12.3. The predicted molar refractivity (Wildman–Crippen MR) is 103 cm³/mol. The van der Waals surface area contributed by atoms with Crippen LogP contribution in [0.1, 0.15) is 0 Å². The molecule has 0 bridgehead atoms. The molecule has 4 aromatic rings. The number of hydrogen-bond donors (Lipinski definition) is 1. The molecule has 0 aliphatic rings. The molecule has 2 aromatic heterocycles. The Morgan fingerprint density at radius 1 is 1.15 bits per heavy atom. The second-order valence-corrected chi connectivity index (χ2v) is 6.64. The number of nitro groups is 1. The molecule has 0 saturated heterocycles. The van der Waals surface area contributed by atoms with E-state index in [-0.39, 0.29) is 11.2 Å². The van der Waals surface area contributed by atoms with Crippen molar-refractivity contribution in [2.24, 2.45) is 0 Å². The van der Waals surface area contributed by atoms with Gasteiger partial charge in [-0.3, -0.25) is 14.9 Å². The maximum atomic E-state index is 13.1. The summed E-state index contributed by atoms with van der Waals surface area (Å²) in [6.07, 6.45) is 0. The van der Waals surface area contributed by atoms with Crippen molar-refractivity contribution in [3.63, 3.8) is 0 Å². The number of hydrogen-bond acceptors (Lipinski definition) is 4. The number of aromatic nitrogens is 2. The highest BCUT2D eigenvalue weighted by atomic mass is 16.6. The molecule has 2 heterocycles. The highest BCUT2D eigenvalue weighted by Gasteiger charge is 2.17. The molecular weight excluding hydrogens is 332 g/mol. The van der Waals surface area contributed by atoms with Crippen molar-refractivity contribution in [3.8, 4) is 0 Å². The van der Waals surface area contributed by atoms with Crippen molar-refractivity contribution in [3.05, 3.63) is 62.9 Å². The number of para-hydroxylation sites is 1. The van der Waals surface area contributed by atoms with Crippen LogP contribution in [0, 0.1) is 10.1 Å². The minimum absolute atomic E-state index is 0.0132. The van der Waals surface area contributed by atoms with Crippen LogP contribution < -0.4 is 5.56 Å². The second kappa shape index (κ2) is 5.96. The van der Waals surface area contributed by atoms with Gasteiger partial charge in [0.05, 0.1) is 10.4 Å². The van der Waals surface area contributed by atoms with E-state index < -0.39 is 4.92 Å². The number of nitrogens with one attached hydrogen (secondary N) is 1. The van der Waals surface area contributed by atoms with Crippen molar-refractivity contribution in [2.75, 3.05) is 20.6 Å². The monoisotopic (exact) mass is 350 g/mol. The molecule has 0 aliphatic heterocycles. The fraction of sp³-hybridized carbons (Fsp3) is 0.211. The number of likely N-dealkylation sites (N-methyl/N-ethyl adjacent to an activating group) is 1. The lowest BCUT2D eigenvalue weighted by atomic mass is 10.1. The molecule has 0 atom stereocenters. The van der Waals surface area contributed by atoms with Gasteiger partial charge in [-0.2, -0.15) is 0 Å². The van der Waals surface area contributed by atoms with Gasteiger partial charge in [-0.15, -0.1) is 0 Å². The zero-order valence-electron chi connectivity index (χ0n) is 14.5. The smallest absolute Gasteiger partial charge is 0.275 e. The zero-order valence-corrected chi connectivity index (χ0v) is 14.5. The third kappa shape index (κ3) is 2.44. The summed E-state index contributed by atoms with van der Waals surface area (Å²) in [6.45, 7) is 1.30. The van der Waals surface area contributed by atoms with Gasteiger partial charge in [0.15, 0.2) is 0 Å². The number of fused-ring (bicyclic) bond motifs is 5. The van der Waals surface area contributed by atoms with Crippen LogP contribution in [0.15, 0.2) is 47.3 Å². The van der Waals surface area contributed by atoms with Crippen LogP contribution in [0.5, 0.6) is 0 Å². The lowest BCUT2D eigenvalue weighted by Gasteiger charge is -2.14. The van der Waals surface area contributed by atoms with Gasteiger partial charge in [0.1, 0.15) is 5.52 Å². The first-order chi connectivity index (χ1) is 12.5. The Balaban J connectivity index is 2.13. The second-order valence-electron chi connectivity index (χ2n) is 6.64. The normalized spacial score (nSPS) is 11.8. The van der Waals surface area contributed by atoms with Crippen LogP contribution in [0.2, 0.25) is 0 Å². The largest absolute Gasteiger partial charge is 0.350 e. The van der Waals surface area contributed by atoms with Crippen LogP contribution >= 0.6 is 0 Å². The van der Waals surface area contributed by atoms with Crippen molar-refractivity contribution >= 4 is 38.4 Å². The molecule has 0 unspecified atom stereocenters. The summed E-state index contributed by atoms with van der Waals surface area (Å²) < 4.78 is 1.77. The molecule has 2 aromatic carbocycles. The number of nitro benzene ring substituents is 1. The van der Waals surface area contributed by atoms with Gasteiger partial charge in [-0.1, -0.05) is 18.2 Å². The Morgan fingerprint density at radius 3 is 2.65 bits per heavy atom. The number of non-ortho nitro benzene ring substituents is 1. The fourth-order valence-corrected chi connectivity index (χ4v) is 3.42. The Kier molecular flexibility index (Phi) is 3.73. The average Bonchev–Trinajstić information content (AvgIpc) is 3.00. The molecule has 4 rings (SSSR count). The first kappa shape index (κ1) is 16.3. The number of nitrogens with zero attached hydrogens (tertiary/aromatic N) is 3. The lowest BCUT2D eigenvalue weighted by molar-refractivity contribution is -0.384. The van der Waals surface area contributed by atoms with Gasteiger partial charge >= 0.3 is 0 Å². The topological polar surface area (TPSA) is 84.2 Å². The Hall–Kier alpha value is -3.19. The summed E-state index contributed by atoms with van der Waals surface area (Å²) in [4.78, 5) is 29.1. The summed E-state index contributed by atoms with van der Waals surface area (Å²) >= 11 is 0. The van der Waals surface area contributed by atoms with Crippen molar-refractivity contribution < 1.29 is 4.92 Å². The number of H-pyrrole nitrogens is 1. The molecule has 0 radical (unpaired) electrons. The van der Waals surface area contributed by atoms with Crippen molar-refractivity contribution in [1.29, 1.82) is 0 Å². The van der Waals surface area contributed by atoms with E-state index in [1.807, 2.05) is 43.3 Å². The van der Waals surface area contributed by atoms with Gasteiger partial charge in [-0.25, -0.2) is 0 Å². The quantitative estimate of drug-likeness (QED) is 0.453. The molecular formula is C19H18N4O3.